The van der Waals surface area contributed by atoms with Crippen LogP contribution in [-0.4, -0.2) is 39.6 Å². The molecule has 104 valence electrons. The van der Waals surface area contributed by atoms with E-state index in [9.17, 15) is 14.7 Å². The van der Waals surface area contributed by atoms with Crippen LogP contribution in [0.5, 0.6) is 5.75 Å². The van der Waals surface area contributed by atoms with Gasteiger partial charge in [0.15, 0.2) is 0 Å². The maximum absolute atomic E-state index is 12.4. The first-order valence-corrected chi connectivity index (χ1v) is 6.19. The molecule has 1 aromatic rings. The van der Waals surface area contributed by atoms with Crippen molar-refractivity contribution >= 4 is 11.9 Å². The van der Waals surface area contributed by atoms with Crippen molar-refractivity contribution in [1.82, 2.24) is 4.90 Å². The van der Waals surface area contributed by atoms with Crippen LogP contribution in [0.1, 0.15) is 36.2 Å². The number of amides is 1. The summed E-state index contributed by atoms with van der Waals surface area (Å²) < 4.78 is 0. The number of hydrogen-bond donors (Lipinski definition) is 2. The molecule has 0 spiro atoms. The van der Waals surface area contributed by atoms with Gasteiger partial charge in [-0.3, -0.25) is 9.59 Å². The van der Waals surface area contributed by atoms with E-state index in [2.05, 4.69) is 0 Å². The summed E-state index contributed by atoms with van der Waals surface area (Å²) in [5.74, 6) is -1.04. The molecule has 0 bridgehead atoms. The molecule has 1 amide bonds. The zero-order valence-electron chi connectivity index (χ0n) is 11.4. The quantitative estimate of drug-likeness (QED) is 0.853. The van der Waals surface area contributed by atoms with Gasteiger partial charge < -0.3 is 15.1 Å². The Hall–Kier alpha value is -2.04. The first-order valence-electron chi connectivity index (χ1n) is 6.19. The second-order valence-corrected chi connectivity index (χ2v) is 4.54. The third kappa shape index (κ3) is 3.71. The van der Waals surface area contributed by atoms with Crippen molar-refractivity contribution in [1.29, 1.82) is 0 Å². The highest BCUT2D eigenvalue weighted by atomic mass is 16.4. The average Bonchev–Trinajstić information content (AvgIpc) is 2.28. The maximum atomic E-state index is 12.4. The van der Waals surface area contributed by atoms with Gasteiger partial charge in [0, 0.05) is 18.2 Å². The summed E-state index contributed by atoms with van der Waals surface area (Å²) in [6.07, 6.45) is -0.0866. The lowest BCUT2D eigenvalue weighted by atomic mass is 10.1. The number of aryl methyl sites for hydroxylation is 1. The van der Waals surface area contributed by atoms with Gasteiger partial charge in [-0.1, -0.05) is 0 Å². The normalized spacial score (nSPS) is 11.9. The Kier molecular flexibility index (Phi) is 4.92. The van der Waals surface area contributed by atoms with E-state index in [1.54, 1.807) is 19.9 Å². The van der Waals surface area contributed by atoms with E-state index >= 15 is 0 Å². The van der Waals surface area contributed by atoms with Crippen LogP contribution >= 0.6 is 0 Å². The van der Waals surface area contributed by atoms with E-state index in [1.165, 1.54) is 17.0 Å². The summed E-state index contributed by atoms with van der Waals surface area (Å²) in [5.41, 5.74) is 1.16. The van der Waals surface area contributed by atoms with Crippen molar-refractivity contribution in [3.8, 4) is 5.75 Å². The van der Waals surface area contributed by atoms with Gasteiger partial charge in [-0.15, -0.1) is 0 Å². The van der Waals surface area contributed by atoms with Gasteiger partial charge in [0.25, 0.3) is 5.91 Å². The number of aliphatic carboxylic acids is 1. The summed E-state index contributed by atoms with van der Waals surface area (Å²) in [6, 6.07) is 4.16. The van der Waals surface area contributed by atoms with Crippen LogP contribution in [0.2, 0.25) is 0 Å². The van der Waals surface area contributed by atoms with E-state index in [0.717, 1.165) is 0 Å². The second kappa shape index (κ2) is 6.22. The minimum Gasteiger partial charge on any atom is -0.508 e. The molecule has 0 aliphatic heterocycles. The van der Waals surface area contributed by atoms with Crippen LogP contribution < -0.4 is 0 Å². The number of phenols is 1. The van der Waals surface area contributed by atoms with E-state index in [4.69, 9.17) is 5.11 Å². The Morgan fingerprint density at radius 2 is 2.00 bits per heavy atom. The van der Waals surface area contributed by atoms with E-state index in [1.807, 2.05) is 6.92 Å². The summed E-state index contributed by atoms with van der Waals surface area (Å²) in [5, 5.41) is 18.1. The summed E-state index contributed by atoms with van der Waals surface area (Å²) >= 11 is 0. The number of phenolic OH excluding ortho intramolecular Hbond substituents is 1. The number of rotatable bonds is 5. The van der Waals surface area contributed by atoms with Gasteiger partial charge in [0.1, 0.15) is 5.75 Å². The molecule has 5 heteroatoms. The zero-order chi connectivity index (χ0) is 14.6. The van der Waals surface area contributed by atoms with Crippen LogP contribution in [-0.2, 0) is 4.79 Å². The first-order chi connectivity index (χ1) is 8.86. The second-order valence-electron chi connectivity index (χ2n) is 4.54. The van der Waals surface area contributed by atoms with Crippen LogP contribution in [0.25, 0.3) is 0 Å². The number of carbonyl (C=O) groups excluding carboxylic acids is 1. The Morgan fingerprint density at radius 1 is 1.37 bits per heavy atom. The third-order valence-electron chi connectivity index (χ3n) is 3.04. The van der Waals surface area contributed by atoms with E-state index in [0.29, 0.717) is 17.7 Å². The molecule has 19 heavy (non-hydrogen) atoms. The molecule has 0 aliphatic carbocycles. The lowest BCUT2D eigenvalue weighted by Gasteiger charge is -2.27. The largest absolute Gasteiger partial charge is 0.508 e. The topological polar surface area (TPSA) is 77.8 Å². The number of aromatic hydroxyl groups is 1. The van der Waals surface area contributed by atoms with Crippen molar-refractivity contribution in [2.45, 2.75) is 33.2 Å². The zero-order valence-corrected chi connectivity index (χ0v) is 11.4. The highest BCUT2D eigenvalue weighted by Crippen LogP contribution is 2.19. The highest BCUT2D eigenvalue weighted by Gasteiger charge is 2.23. The van der Waals surface area contributed by atoms with Crippen molar-refractivity contribution in [3.63, 3.8) is 0 Å². The lowest BCUT2D eigenvalue weighted by molar-refractivity contribution is -0.138. The van der Waals surface area contributed by atoms with E-state index in [-0.39, 0.29) is 24.1 Å². The monoisotopic (exact) mass is 265 g/mol. The van der Waals surface area contributed by atoms with Crippen molar-refractivity contribution in [2.24, 2.45) is 0 Å². The van der Waals surface area contributed by atoms with Gasteiger partial charge in [-0.2, -0.15) is 0 Å². The molecule has 1 aromatic carbocycles. The fourth-order valence-electron chi connectivity index (χ4n) is 2.06. The fraction of sp³-hybridized carbons (Fsp3) is 0.429. The van der Waals surface area contributed by atoms with Crippen LogP contribution in [0.15, 0.2) is 18.2 Å². The summed E-state index contributed by atoms with van der Waals surface area (Å²) in [6.45, 7) is 5.70. The number of carboxylic acids is 1. The molecule has 0 heterocycles. The molecular weight excluding hydrogens is 246 g/mol. The molecular formula is C14H19NO4. The number of nitrogens with zero attached hydrogens (tertiary/aromatic N) is 1. The molecule has 0 fully saturated rings. The van der Waals surface area contributed by atoms with Crippen molar-refractivity contribution < 1.29 is 19.8 Å². The number of carboxylic acid groups (broad SMARTS) is 1. The highest BCUT2D eigenvalue weighted by molar-refractivity contribution is 5.96. The molecule has 0 saturated heterocycles. The molecule has 5 nitrogen and oxygen atoms in total. The van der Waals surface area contributed by atoms with Gasteiger partial charge in [0.2, 0.25) is 0 Å². The minimum absolute atomic E-state index is 0.0866. The maximum Gasteiger partial charge on any atom is 0.305 e. The number of benzene rings is 1. The molecule has 0 aromatic heterocycles. The molecule has 0 radical (unpaired) electrons. The number of hydrogen-bond acceptors (Lipinski definition) is 3. The van der Waals surface area contributed by atoms with Gasteiger partial charge >= 0.3 is 5.97 Å². The Morgan fingerprint density at radius 3 is 2.47 bits per heavy atom. The van der Waals surface area contributed by atoms with Crippen molar-refractivity contribution in [3.05, 3.63) is 29.3 Å². The van der Waals surface area contributed by atoms with Crippen molar-refractivity contribution in [2.75, 3.05) is 6.54 Å². The van der Waals surface area contributed by atoms with Gasteiger partial charge in [0.05, 0.1) is 6.42 Å². The summed E-state index contributed by atoms with van der Waals surface area (Å²) in [4.78, 5) is 24.6. The third-order valence-corrected chi connectivity index (χ3v) is 3.04. The van der Waals surface area contributed by atoms with Crippen LogP contribution in [0, 0.1) is 6.92 Å². The Labute approximate surface area is 112 Å². The standard InChI is InChI=1S/C14H19NO4/c1-4-15(10(3)8-13(17)18)14(19)12-6-5-11(16)7-9(12)2/h5-7,10,16H,4,8H2,1-3H3,(H,17,18). The van der Waals surface area contributed by atoms with Gasteiger partial charge in [-0.25, -0.2) is 0 Å². The number of carbonyl (C=O) groups is 2. The molecule has 0 aliphatic rings. The van der Waals surface area contributed by atoms with E-state index < -0.39 is 5.97 Å². The molecule has 1 rings (SSSR count). The molecule has 1 unspecified atom stereocenters. The molecule has 1 atom stereocenters. The first kappa shape index (κ1) is 15.0. The minimum atomic E-state index is -0.929. The Balaban J connectivity index is 2.98. The predicted molar refractivity (Wildman–Crippen MR) is 71.3 cm³/mol. The van der Waals surface area contributed by atoms with Gasteiger partial charge in [-0.05, 0) is 44.5 Å². The Bertz CT molecular complexity index is 484. The smallest absolute Gasteiger partial charge is 0.305 e. The van der Waals surface area contributed by atoms with Crippen LogP contribution in [0.3, 0.4) is 0 Å². The average molecular weight is 265 g/mol. The summed E-state index contributed by atoms with van der Waals surface area (Å²) in [7, 11) is 0. The van der Waals surface area contributed by atoms with Crippen LogP contribution in [0.4, 0.5) is 0 Å². The lowest BCUT2D eigenvalue weighted by Crippen LogP contribution is -2.40. The SMILES string of the molecule is CCN(C(=O)c1ccc(O)cc1C)C(C)CC(=O)O. The fourth-order valence-corrected chi connectivity index (χ4v) is 2.06. The predicted octanol–water partition coefficient (Wildman–Crippen LogP) is 2.03. The molecule has 0 saturated carbocycles. The molecule has 2 N–H and O–H groups in total.